The van der Waals surface area contributed by atoms with E-state index in [-0.39, 0.29) is 6.54 Å². The number of piperazine rings is 1. The van der Waals surface area contributed by atoms with Crippen molar-refractivity contribution in [1.82, 2.24) is 15.1 Å². The van der Waals surface area contributed by atoms with Crippen LogP contribution in [-0.4, -0.2) is 54.8 Å². The number of amides is 2. The summed E-state index contributed by atoms with van der Waals surface area (Å²) in [6.07, 6.45) is 0. The summed E-state index contributed by atoms with van der Waals surface area (Å²) in [4.78, 5) is 27.5. The molecule has 1 aliphatic heterocycles. The molecule has 0 saturated carbocycles. The molecule has 0 aliphatic carbocycles. The Kier molecular flexibility index (Phi) is 4.98. The first kappa shape index (κ1) is 14.8. The lowest BCUT2D eigenvalue weighted by Crippen LogP contribution is -2.51. The SMILES string of the molecule is CN1CCN(C(=O)C(=O)NCc2ccccc2Cl)CC1. The zero-order chi connectivity index (χ0) is 14.5. The maximum absolute atomic E-state index is 12.0. The second-order valence-corrected chi connectivity index (χ2v) is 5.28. The lowest BCUT2D eigenvalue weighted by atomic mass is 10.2. The first-order valence-electron chi connectivity index (χ1n) is 6.57. The van der Waals surface area contributed by atoms with E-state index in [1.807, 2.05) is 25.2 Å². The number of nitrogens with zero attached hydrogens (tertiary/aromatic N) is 2. The van der Waals surface area contributed by atoms with Crippen LogP contribution < -0.4 is 5.32 Å². The highest BCUT2D eigenvalue weighted by molar-refractivity contribution is 6.35. The summed E-state index contributed by atoms with van der Waals surface area (Å²) in [6.45, 7) is 3.04. The molecule has 1 fully saturated rings. The van der Waals surface area contributed by atoms with E-state index in [9.17, 15) is 9.59 Å². The Balaban J connectivity index is 1.86. The summed E-state index contributed by atoms with van der Waals surface area (Å²) in [5, 5.41) is 3.20. The molecule has 0 radical (unpaired) electrons. The van der Waals surface area contributed by atoms with Crippen molar-refractivity contribution in [3.8, 4) is 0 Å². The maximum Gasteiger partial charge on any atom is 0.311 e. The number of hydrogen-bond acceptors (Lipinski definition) is 3. The van der Waals surface area contributed by atoms with Gasteiger partial charge in [-0.3, -0.25) is 9.59 Å². The predicted octanol–water partition coefficient (Wildman–Crippen LogP) is 0.730. The third-order valence-electron chi connectivity index (χ3n) is 3.38. The summed E-state index contributed by atoms with van der Waals surface area (Å²) >= 11 is 6.00. The molecule has 20 heavy (non-hydrogen) atoms. The molecule has 1 aromatic carbocycles. The second kappa shape index (κ2) is 6.72. The van der Waals surface area contributed by atoms with Crippen molar-refractivity contribution in [2.24, 2.45) is 0 Å². The number of rotatable bonds is 2. The molecule has 1 N–H and O–H groups in total. The van der Waals surface area contributed by atoms with Crippen molar-refractivity contribution in [1.29, 1.82) is 0 Å². The summed E-state index contributed by atoms with van der Waals surface area (Å²) in [5.41, 5.74) is 0.800. The van der Waals surface area contributed by atoms with Gasteiger partial charge in [0.25, 0.3) is 0 Å². The number of likely N-dealkylation sites (N-methyl/N-ethyl adjacent to an activating group) is 1. The van der Waals surface area contributed by atoms with Gasteiger partial charge in [0.2, 0.25) is 0 Å². The monoisotopic (exact) mass is 295 g/mol. The van der Waals surface area contributed by atoms with Crippen LogP contribution in [0, 0.1) is 0 Å². The molecule has 108 valence electrons. The molecule has 1 aliphatic rings. The van der Waals surface area contributed by atoms with Crippen LogP contribution in [-0.2, 0) is 16.1 Å². The van der Waals surface area contributed by atoms with Crippen molar-refractivity contribution >= 4 is 23.4 Å². The molecule has 0 atom stereocenters. The van der Waals surface area contributed by atoms with Gasteiger partial charge in [-0.25, -0.2) is 0 Å². The van der Waals surface area contributed by atoms with Crippen molar-refractivity contribution in [3.05, 3.63) is 34.9 Å². The Bertz CT molecular complexity index is 499. The van der Waals surface area contributed by atoms with Crippen LogP contribution in [0.3, 0.4) is 0 Å². The number of carbonyl (C=O) groups excluding carboxylic acids is 2. The Morgan fingerprint density at radius 1 is 1.20 bits per heavy atom. The fourth-order valence-corrected chi connectivity index (χ4v) is 2.25. The van der Waals surface area contributed by atoms with E-state index < -0.39 is 11.8 Å². The van der Waals surface area contributed by atoms with Gasteiger partial charge in [-0.15, -0.1) is 0 Å². The molecule has 0 spiro atoms. The van der Waals surface area contributed by atoms with Crippen molar-refractivity contribution in [3.63, 3.8) is 0 Å². The lowest BCUT2D eigenvalue weighted by molar-refractivity contribution is -0.146. The first-order valence-corrected chi connectivity index (χ1v) is 6.95. The first-order chi connectivity index (χ1) is 9.58. The predicted molar refractivity (Wildman–Crippen MR) is 77.4 cm³/mol. The molecule has 2 amide bonds. The third-order valence-corrected chi connectivity index (χ3v) is 3.75. The highest BCUT2D eigenvalue weighted by Crippen LogP contribution is 2.14. The van der Waals surface area contributed by atoms with Gasteiger partial charge in [-0.1, -0.05) is 29.8 Å². The van der Waals surface area contributed by atoms with E-state index in [1.165, 1.54) is 0 Å². The van der Waals surface area contributed by atoms with Gasteiger partial charge in [-0.05, 0) is 18.7 Å². The molecule has 1 heterocycles. The number of nitrogens with one attached hydrogen (secondary N) is 1. The van der Waals surface area contributed by atoms with Gasteiger partial charge in [0, 0.05) is 37.7 Å². The molecule has 2 rings (SSSR count). The number of benzene rings is 1. The zero-order valence-corrected chi connectivity index (χ0v) is 12.2. The third kappa shape index (κ3) is 3.71. The molecular weight excluding hydrogens is 278 g/mol. The molecule has 0 aromatic heterocycles. The van der Waals surface area contributed by atoms with E-state index in [0.717, 1.165) is 18.7 Å². The van der Waals surface area contributed by atoms with Gasteiger partial charge in [0.15, 0.2) is 0 Å². The average molecular weight is 296 g/mol. The van der Waals surface area contributed by atoms with Crippen molar-refractivity contribution < 1.29 is 9.59 Å². The second-order valence-electron chi connectivity index (χ2n) is 4.87. The normalized spacial score (nSPS) is 16.0. The highest BCUT2D eigenvalue weighted by Gasteiger charge is 2.24. The standard InChI is InChI=1S/C14H18ClN3O2/c1-17-6-8-18(9-7-17)14(20)13(19)16-10-11-4-2-3-5-12(11)15/h2-5H,6-10H2,1H3,(H,16,19). The van der Waals surface area contributed by atoms with Crippen LogP contribution in [0.1, 0.15) is 5.56 Å². The van der Waals surface area contributed by atoms with E-state index in [2.05, 4.69) is 10.2 Å². The van der Waals surface area contributed by atoms with Crippen LogP contribution in [0.25, 0.3) is 0 Å². The van der Waals surface area contributed by atoms with Gasteiger partial charge in [0.05, 0.1) is 0 Å². The topological polar surface area (TPSA) is 52.7 Å². The van der Waals surface area contributed by atoms with Crippen LogP contribution in [0.4, 0.5) is 0 Å². The van der Waals surface area contributed by atoms with E-state index in [4.69, 9.17) is 11.6 Å². The lowest BCUT2D eigenvalue weighted by Gasteiger charge is -2.31. The molecule has 1 saturated heterocycles. The minimum Gasteiger partial charge on any atom is -0.344 e. The summed E-state index contributed by atoms with van der Waals surface area (Å²) in [7, 11) is 2.00. The van der Waals surface area contributed by atoms with Crippen LogP contribution in [0.5, 0.6) is 0 Å². The minimum absolute atomic E-state index is 0.262. The maximum atomic E-state index is 12.0. The smallest absolute Gasteiger partial charge is 0.311 e. The van der Waals surface area contributed by atoms with Gasteiger partial charge in [-0.2, -0.15) is 0 Å². The Hall–Kier alpha value is -1.59. The summed E-state index contributed by atoms with van der Waals surface area (Å²) < 4.78 is 0. The Morgan fingerprint density at radius 3 is 2.50 bits per heavy atom. The zero-order valence-electron chi connectivity index (χ0n) is 11.4. The molecule has 6 heteroatoms. The van der Waals surface area contributed by atoms with Gasteiger partial charge >= 0.3 is 11.8 Å². The van der Waals surface area contributed by atoms with E-state index >= 15 is 0 Å². The van der Waals surface area contributed by atoms with Crippen LogP contribution >= 0.6 is 11.6 Å². The van der Waals surface area contributed by atoms with E-state index in [1.54, 1.807) is 11.0 Å². The van der Waals surface area contributed by atoms with E-state index in [0.29, 0.717) is 18.1 Å². The summed E-state index contributed by atoms with van der Waals surface area (Å²) in [6, 6.07) is 7.24. The quantitative estimate of drug-likeness (QED) is 0.819. The van der Waals surface area contributed by atoms with Crippen LogP contribution in [0.2, 0.25) is 5.02 Å². The largest absolute Gasteiger partial charge is 0.344 e. The van der Waals surface area contributed by atoms with Crippen molar-refractivity contribution in [2.45, 2.75) is 6.54 Å². The minimum atomic E-state index is -0.575. The Labute approximate surface area is 123 Å². The number of halogens is 1. The molecule has 0 bridgehead atoms. The van der Waals surface area contributed by atoms with Gasteiger partial charge < -0.3 is 15.1 Å². The fraction of sp³-hybridized carbons (Fsp3) is 0.429. The van der Waals surface area contributed by atoms with Crippen molar-refractivity contribution in [2.75, 3.05) is 33.2 Å². The molecule has 5 nitrogen and oxygen atoms in total. The molecule has 1 aromatic rings. The number of carbonyl (C=O) groups is 2. The van der Waals surface area contributed by atoms with Crippen LogP contribution in [0.15, 0.2) is 24.3 Å². The summed E-state index contributed by atoms with van der Waals surface area (Å²) in [5.74, 6) is -1.04. The average Bonchev–Trinajstić information content (AvgIpc) is 2.46. The highest BCUT2D eigenvalue weighted by atomic mass is 35.5. The fourth-order valence-electron chi connectivity index (χ4n) is 2.05. The Morgan fingerprint density at radius 2 is 1.85 bits per heavy atom. The molecule has 0 unspecified atom stereocenters. The number of hydrogen-bond donors (Lipinski definition) is 1. The molecular formula is C14H18ClN3O2. The van der Waals surface area contributed by atoms with Gasteiger partial charge in [0.1, 0.15) is 0 Å².